The van der Waals surface area contributed by atoms with Crippen LogP contribution in [0.5, 0.6) is 0 Å². The zero-order chi connectivity index (χ0) is 28.0. The Bertz CT molecular complexity index is 1380. The third-order valence-electron chi connectivity index (χ3n) is 5.89. The van der Waals surface area contributed by atoms with Crippen molar-refractivity contribution in [2.45, 2.75) is 51.2 Å². The van der Waals surface area contributed by atoms with Crippen LogP contribution in [0.3, 0.4) is 0 Å². The van der Waals surface area contributed by atoms with Gasteiger partial charge < -0.3 is 10.2 Å². The van der Waals surface area contributed by atoms with Crippen LogP contribution in [0.25, 0.3) is 0 Å². The molecule has 10 heteroatoms. The average molecular weight is 577 g/mol. The van der Waals surface area contributed by atoms with Gasteiger partial charge in [-0.1, -0.05) is 65.2 Å². The van der Waals surface area contributed by atoms with Gasteiger partial charge in [-0.2, -0.15) is 0 Å². The SMILES string of the molecule is Cc1ccc(S(=O)(=O)N(CC(=O)N(Cc2ccc(Cl)cc2Cl)C(C)C(=O)NC(C)C)c2ccccc2)cc1. The Labute approximate surface area is 234 Å². The fraction of sp³-hybridized carbons (Fsp3) is 0.286. The molecule has 0 fully saturated rings. The molecule has 202 valence electrons. The van der Waals surface area contributed by atoms with Crippen LogP contribution in [0.4, 0.5) is 5.69 Å². The summed E-state index contributed by atoms with van der Waals surface area (Å²) in [7, 11) is -4.11. The van der Waals surface area contributed by atoms with E-state index in [-0.39, 0.29) is 23.4 Å². The van der Waals surface area contributed by atoms with Crippen molar-refractivity contribution >= 4 is 50.7 Å². The van der Waals surface area contributed by atoms with E-state index in [1.54, 1.807) is 67.6 Å². The van der Waals surface area contributed by atoms with Crippen LogP contribution in [0.2, 0.25) is 10.0 Å². The van der Waals surface area contributed by atoms with Crippen LogP contribution in [0.15, 0.2) is 77.7 Å². The van der Waals surface area contributed by atoms with Gasteiger partial charge in [-0.05, 0) is 69.7 Å². The quantitative estimate of drug-likeness (QED) is 0.348. The molecular weight excluding hydrogens is 545 g/mol. The van der Waals surface area contributed by atoms with Gasteiger partial charge in [0.25, 0.3) is 10.0 Å². The summed E-state index contributed by atoms with van der Waals surface area (Å²) in [6.07, 6.45) is 0. The molecule has 3 rings (SSSR count). The van der Waals surface area contributed by atoms with E-state index in [4.69, 9.17) is 23.2 Å². The van der Waals surface area contributed by atoms with E-state index in [2.05, 4.69) is 5.32 Å². The second-order valence-electron chi connectivity index (χ2n) is 9.26. The van der Waals surface area contributed by atoms with Crippen molar-refractivity contribution in [2.75, 3.05) is 10.8 Å². The topological polar surface area (TPSA) is 86.8 Å². The minimum atomic E-state index is -4.11. The number of nitrogens with zero attached hydrogens (tertiary/aromatic N) is 2. The van der Waals surface area contributed by atoms with Gasteiger partial charge in [0.2, 0.25) is 11.8 Å². The van der Waals surface area contributed by atoms with Crippen molar-refractivity contribution in [2.24, 2.45) is 0 Å². The van der Waals surface area contributed by atoms with E-state index in [1.807, 2.05) is 20.8 Å². The van der Waals surface area contributed by atoms with Gasteiger partial charge in [-0.25, -0.2) is 8.42 Å². The Kier molecular flexibility index (Phi) is 9.82. The number of aryl methyl sites for hydroxylation is 1. The van der Waals surface area contributed by atoms with Crippen molar-refractivity contribution < 1.29 is 18.0 Å². The van der Waals surface area contributed by atoms with Gasteiger partial charge in [-0.15, -0.1) is 0 Å². The van der Waals surface area contributed by atoms with Crippen molar-refractivity contribution in [3.8, 4) is 0 Å². The lowest BCUT2D eigenvalue weighted by atomic mass is 10.1. The first kappa shape index (κ1) is 29.5. The highest BCUT2D eigenvalue weighted by molar-refractivity contribution is 7.92. The summed E-state index contributed by atoms with van der Waals surface area (Å²) in [5.74, 6) is -0.937. The van der Waals surface area contributed by atoms with E-state index in [9.17, 15) is 18.0 Å². The zero-order valence-electron chi connectivity index (χ0n) is 21.7. The van der Waals surface area contributed by atoms with E-state index in [0.717, 1.165) is 9.87 Å². The van der Waals surface area contributed by atoms with Crippen molar-refractivity contribution in [1.82, 2.24) is 10.2 Å². The number of anilines is 1. The fourth-order valence-corrected chi connectivity index (χ4v) is 5.66. The maximum atomic E-state index is 13.8. The molecule has 0 radical (unpaired) electrons. The second kappa shape index (κ2) is 12.7. The normalized spacial score (nSPS) is 12.2. The molecule has 3 aromatic carbocycles. The predicted molar refractivity (Wildman–Crippen MR) is 152 cm³/mol. The molecule has 0 saturated heterocycles. The Morgan fingerprint density at radius 3 is 2.13 bits per heavy atom. The van der Waals surface area contributed by atoms with Gasteiger partial charge in [-0.3, -0.25) is 13.9 Å². The van der Waals surface area contributed by atoms with Crippen LogP contribution in [-0.2, 0) is 26.2 Å². The molecule has 7 nitrogen and oxygen atoms in total. The smallest absolute Gasteiger partial charge is 0.264 e. The van der Waals surface area contributed by atoms with Crippen LogP contribution in [-0.4, -0.2) is 43.8 Å². The monoisotopic (exact) mass is 575 g/mol. The van der Waals surface area contributed by atoms with Gasteiger partial charge in [0.15, 0.2) is 0 Å². The highest BCUT2D eigenvalue weighted by Gasteiger charge is 2.32. The molecular formula is C28H31Cl2N3O4S. The second-order valence-corrected chi connectivity index (χ2v) is 12.0. The minimum Gasteiger partial charge on any atom is -0.352 e. The molecule has 3 aromatic rings. The molecule has 0 aliphatic heterocycles. The highest BCUT2D eigenvalue weighted by atomic mass is 35.5. The first-order valence-electron chi connectivity index (χ1n) is 12.1. The summed E-state index contributed by atoms with van der Waals surface area (Å²) in [5.41, 5.74) is 1.80. The largest absolute Gasteiger partial charge is 0.352 e. The summed E-state index contributed by atoms with van der Waals surface area (Å²) < 4.78 is 28.5. The number of rotatable bonds is 10. The van der Waals surface area contributed by atoms with E-state index < -0.39 is 28.5 Å². The summed E-state index contributed by atoms with van der Waals surface area (Å²) >= 11 is 12.4. The number of halogens is 2. The lowest BCUT2D eigenvalue weighted by Crippen LogP contribution is -2.52. The summed E-state index contributed by atoms with van der Waals surface area (Å²) in [5, 5.41) is 3.58. The molecule has 1 unspecified atom stereocenters. The number of carbonyl (C=O) groups excluding carboxylic acids is 2. The third-order valence-corrected chi connectivity index (χ3v) is 8.26. The van der Waals surface area contributed by atoms with E-state index >= 15 is 0 Å². The number of nitrogens with one attached hydrogen (secondary N) is 1. The molecule has 0 aromatic heterocycles. The molecule has 0 spiro atoms. The van der Waals surface area contributed by atoms with E-state index in [1.165, 1.54) is 17.0 Å². The first-order chi connectivity index (χ1) is 17.9. The van der Waals surface area contributed by atoms with Crippen LogP contribution >= 0.6 is 23.2 Å². The zero-order valence-corrected chi connectivity index (χ0v) is 24.0. The number of para-hydroxylation sites is 1. The molecule has 1 atom stereocenters. The number of benzene rings is 3. The molecule has 2 amide bonds. The van der Waals surface area contributed by atoms with Gasteiger partial charge in [0, 0.05) is 22.6 Å². The fourth-order valence-electron chi connectivity index (χ4n) is 3.78. The molecule has 0 bridgehead atoms. The third kappa shape index (κ3) is 7.28. The Morgan fingerprint density at radius 1 is 0.921 bits per heavy atom. The van der Waals surface area contributed by atoms with Gasteiger partial charge in [0.05, 0.1) is 10.6 Å². The number of sulfonamides is 1. The van der Waals surface area contributed by atoms with Crippen molar-refractivity contribution in [3.05, 3.63) is 94.0 Å². The molecule has 38 heavy (non-hydrogen) atoms. The molecule has 0 aliphatic carbocycles. The Balaban J connectivity index is 2.02. The van der Waals surface area contributed by atoms with Gasteiger partial charge in [0.1, 0.15) is 12.6 Å². The molecule has 1 N–H and O–H groups in total. The summed E-state index contributed by atoms with van der Waals surface area (Å²) in [6, 6.07) is 18.6. The lowest BCUT2D eigenvalue weighted by molar-refractivity contribution is -0.139. The van der Waals surface area contributed by atoms with Crippen LogP contribution in [0, 0.1) is 6.92 Å². The minimum absolute atomic E-state index is 0.0191. The Hall–Kier alpha value is -3.07. The maximum absolute atomic E-state index is 13.8. The summed E-state index contributed by atoms with van der Waals surface area (Å²) in [6.45, 7) is 6.55. The Morgan fingerprint density at radius 2 is 1.55 bits per heavy atom. The maximum Gasteiger partial charge on any atom is 0.264 e. The van der Waals surface area contributed by atoms with Crippen molar-refractivity contribution in [1.29, 1.82) is 0 Å². The van der Waals surface area contributed by atoms with E-state index in [0.29, 0.717) is 21.3 Å². The molecule has 0 heterocycles. The average Bonchev–Trinajstić information content (AvgIpc) is 2.86. The number of carbonyl (C=O) groups is 2. The van der Waals surface area contributed by atoms with Crippen molar-refractivity contribution in [3.63, 3.8) is 0 Å². The predicted octanol–water partition coefficient (Wildman–Crippen LogP) is 5.44. The van der Waals surface area contributed by atoms with Crippen LogP contribution < -0.4 is 9.62 Å². The first-order valence-corrected chi connectivity index (χ1v) is 14.3. The standard InChI is InChI=1S/C28H31Cl2N3O4S/c1-19(2)31-28(35)21(4)32(17-22-12-13-23(29)16-26(22)30)27(34)18-33(24-8-6-5-7-9-24)38(36,37)25-14-10-20(3)11-15-25/h5-16,19,21H,17-18H2,1-4H3,(H,31,35). The number of amides is 2. The lowest BCUT2D eigenvalue weighted by Gasteiger charge is -2.32. The molecule has 0 saturated carbocycles. The van der Waals surface area contributed by atoms with Crippen LogP contribution in [0.1, 0.15) is 31.9 Å². The van der Waals surface area contributed by atoms with Gasteiger partial charge >= 0.3 is 0 Å². The highest BCUT2D eigenvalue weighted by Crippen LogP contribution is 2.26. The molecule has 0 aliphatic rings. The number of hydrogen-bond donors (Lipinski definition) is 1. The summed E-state index contributed by atoms with van der Waals surface area (Å²) in [4.78, 5) is 28.2. The number of hydrogen-bond acceptors (Lipinski definition) is 4.